The maximum Gasteiger partial charge on any atom is 0.271 e. The largest absolute Gasteiger partial charge is 0.497 e. The highest BCUT2D eigenvalue weighted by atomic mass is 16.5. The Morgan fingerprint density at radius 2 is 1.90 bits per heavy atom. The number of aromatic nitrogens is 1. The predicted molar refractivity (Wildman–Crippen MR) is 72.8 cm³/mol. The van der Waals surface area contributed by atoms with Crippen molar-refractivity contribution in [3.05, 3.63) is 44.7 Å². The summed E-state index contributed by atoms with van der Waals surface area (Å²) in [5, 5.41) is 0. The minimum Gasteiger partial charge on any atom is -0.497 e. The van der Waals surface area contributed by atoms with Crippen molar-refractivity contribution in [2.75, 3.05) is 14.2 Å². The third kappa shape index (κ3) is 1.73. The van der Waals surface area contributed by atoms with Crippen molar-refractivity contribution < 1.29 is 13.9 Å². The van der Waals surface area contributed by atoms with E-state index in [0.29, 0.717) is 22.5 Å². The van der Waals surface area contributed by atoms with Crippen LogP contribution in [0.5, 0.6) is 11.5 Å². The number of benzene rings is 2. The molecule has 1 N–H and O–H groups in total. The second-order valence-corrected chi connectivity index (χ2v) is 4.20. The van der Waals surface area contributed by atoms with Crippen LogP contribution in [0.4, 0.5) is 0 Å². The molecule has 1 aromatic rings. The van der Waals surface area contributed by atoms with E-state index in [9.17, 15) is 9.59 Å². The van der Waals surface area contributed by atoms with Gasteiger partial charge in [0.25, 0.3) is 5.43 Å². The smallest absolute Gasteiger partial charge is 0.271 e. The van der Waals surface area contributed by atoms with E-state index in [2.05, 4.69) is 4.98 Å². The van der Waals surface area contributed by atoms with E-state index >= 15 is 0 Å². The molecule has 1 heterocycles. The van der Waals surface area contributed by atoms with Crippen LogP contribution in [0.3, 0.4) is 0 Å². The first kappa shape index (κ1) is 12.3. The van der Waals surface area contributed by atoms with Gasteiger partial charge in [0, 0.05) is 12.1 Å². The minimum absolute atomic E-state index is 0.0959. The van der Waals surface area contributed by atoms with Crippen molar-refractivity contribution in [2.24, 2.45) is 0 Å². The number of aromatic amines is 1. The number of methoxy groups -OCH3 is 2. The summed E-state index contributed by atoms with van der Waals surface area (Å²) in [5.74, 6) is 0.772. The molecule has 0 aromatic heterocycles. The van der Waals surface area contributed by atoms with Gasteiger partial charge in [0.15, 0.2) is 11.3 Å². The lowest BCUT2D eigenvalue weighted by atomic mass is 10.2. The zero-order valence-electron chi connectivity index (χ0n) is 10.9. The molecule has 0 saturated carbocycles. The van der Waals surface area contributed by atoms with Crippen LogP contribution in [0.1, 0.15) is 0 Å². The predicted octanol–water partition coefficient (Wildman–Crippen LogP) is 1.60. The van der Waals surface area contributed by atoms with E-state index in [1.165, 1.54) is 13.2 Å². The van der Waals surface area contributed by atoms with Gasteiger partial charge in [-0.2, -0.15) is 0 Å². The van der Waals surface area contributed by atoms with Crippen molar-refractivity contribution in [1.82, 2.24) is 4.98 Å². The number of ether oxygens (including phenoxy) is 2. The summed E-state index contributed by atoms with van der Waals surface area (Å²) in [4.78, 5) is 26.3. The Labute approximate surface area is 112 Å². The standard InChI is InChI=1S/C14H11NO5/c1-18-7-3-4-11-8(5-7)15-9-6-10(16)12(17)14(19-2)13(9)20-11/h3-6,15H,1-2H3. The first-order valence-electron chi connectivity index (χ1n) is 5.86. The fraction of sp³-hybridized carbons (Fsp3) is 0.143. The SMILES string of the molecule is COc1ccc2oc3c(OC)c(=O)c(=O)cc-3[nH]c2c1. The fourth-order valence-electron chi connectivity index (χ4n) is 2.06. The molecule has 3 rings (SSSR count). The summed E-state index contributed by atoms with van der Waals surface area (Å²) >= 11 is 0. The van der Waals surface area contributed by atoms with E-state index in [4.69, 9.17) is 13.9 Å². The summed E-state index contributed by atoms with van der Waals surface area (Å²) < 4.78 is 15.8. The van der Waals surface area contributed by atoms with E-state index in [-0.39, 0.29) is 11.5 Å². The molecular weight excluding hydrogens is 262 g/mol. The molecule has 0 radical (unpaired) electrons. The highest BCUT2D eigenvalue weighted by Gasteiger charge is 2.19. The third-order valence-electron chi connectivity index (χ3n) is 3.03. The molecule has 1 aliphatic heterocycles. The van der Waals surface area contributed by atoms with Gasteiger partial charge >= 0.3 is 0 Å². The molecule has 2 aliphatic rings. The molecule has 0 bridgehead atoms. The monoisotopic (exact) mass is 273 g/mol. The van der Waals surface area contributed by atoms with Gasteiger partial charge in [-0.05, 0) is 12.1 Å². The molecule has 0 atom stereocenters. The number of hydrogen-bond acceptors (Lipinski definition) is 5. The lowest BCUT2D eigenvalue weighted by Crippen LogP contribution is -2.25. The average Bonchev–Trinajstić information content (AvgIpc) is 2.46. The normalized spacial score (nSPS) is 10.9. The first-order valence-corrected chi connectivity index (χ1v) is 5.86. The molecule has 102 valence electrons. The van der Waals surface area contributed by atoms with Gasteiger partial charge in [0.1, 0.15) is 5.75 Å². The Morgan fingerprint density at radius 1 is 1.10 bits per heavy atom. The molecular formula is C14H11NO5. The second kappa shape index (κ2) is 4.41. The number of H-pyrrole nitrogens is 1. The van der Waals surface area contributed by atoms with Gasteiger partial charge in [-0.3, -0.25) is 9.59 Å². The topological polar surface area (TPSA) is 81.5 Å². The van der Waals surface area contributed by atoms with Crippen molar-refractivity contribution in [2.45, 2.75) is 0 Å². The number of fused-ring (bicyclic) bond motifs is 2. The molecule has 0 saturated heterocycles. The van der Waals surface area contributed by atoms with Crippen LogP contribution >= 0.6 is 0 Å². The van der Waals surface area contributed by atoms with Gasteiger partial charge in [-0.1, -0.05) is 0 Å². The van der Waals surface area contributed by atoms with E-state index in [1.807, 2.05) is 0 Å². The van der Waals surface area contributed by atoms with Crippen LogP contribution in [-0.2, 0) is 0 Å². The highest BCUT2D eigenvalue weighted by Crippen LogP contribution is 2.30. The maximum absolute atomic E-state index is 11.7. The van der Waals surface area contributed by atoms with Crippen LogP contribution in [-0.4, -0.2) is 19.2 Å². The Hall–Kier alpha value is -2.76. The van der Waals surface area contributed by atoms with Crippen molar-refractivity contribution >= 4 is 11.1 Å². The molecule has 0 fully saturated rings. The van der Waals surface area contributed by atoms with Crippen molar-refractivity contribution in [3.63, 3.8) is 0 Å². The van der Waals surface area contributed by atoms with E-state index < -0.39 is 10.9 Å². The van der Waals surface area contributed by atoms with E-state index in [0.717, 1.165) is 0 Å². The Kier molecular flexibility index (Phi) is 2.71. The molecule has 1 aromatic carbocycles. The summed E-state index contributed by atoms with van der Waals surface area (Å²) in [6, 6.07) is 6.38. The number of rotatable bonds is 2. The van der Waals surface area contributed by atoms with Crippen LogP contribution in [0.2, 0.25) is 0 Å². The molecule has 20 heavy (non-hydrogen) atoms. The van der Waals surface area contributed by atoms with Crippen molar-refractivity contribution in [3.8, 4) is 23.0 Å². The molecule has 0 spiro atoms. The minimum atomic E-state index is -0.718. The zero-order chi connectivity index (χ0) is 14.3. The molecule has 0 amide bonds. The first-order chi connectivity index (χ1) is 9.63. The fourth-order valence-corrected chi connectivity index (χ4v) is 2.06. The Balaban J connectivity index is 2.44. The average molecular weight is 273 g/mol. The maximum atomic E-state index is 11.7. The van der Waals surface area contributed by atoms with Gasteiger partial charge in [0.2, 0.25) is 11.2 Å². The summed E-state index contributed by atoms with van der Waals surface area (Å²) in [6.07, 6.45) is 0. The number of nitrogens with one attached hydrogen (secondary N) is 1. The van der Waals surface area contributed by atoms with Crippen LogP contribution in [0, 0.1) is 0 Å². The van der Waals surface area contributed by atoms with Gasteiger partial charge in [-0.15, -0.1) is 0 Å². The summed E-state index contributed by atoms with van der Waals surface area (Å²) in [5.41, 5.74) is 0.201. The molecule has 6 heteroatoms. The van der Waals surface area contributed by atoms with Crippen molar-refractivity contribution in [1.29, 1.82) is 0 Å². The van der Waals surface area contributed by atoms with Gasteiger partial charge < -0.3 is 18.9 Å². The van der Waals surface area contributed by atoms with Gasteiger partial charge in [0.05, 0.1) is 25.4 Å². The Morgan fingerprint density at radius 3 is 2.60 bits per heavy atom. The quantitative estimate of drug-likeness (QED) is 0.566. The van der Waals surface area contributed by atoms with Crippen LogP contribution < -0.4 is 20.3 Å². The summed E-state index contributed by atoms with van der Waals surface area (Å²) in [6.45, 7) is 0. The van der Waals surface area contributed by atoms with Gasteiger partial charge in [-0.25, -0.2) is 0 Å². The Bertz CT molecular complexity index is 877. The molecule has 1 aliphatic carbocycles. The lowest BCUT2D eigenvalue weighted by molar-refractivity contribution is 0.397. The van der Waals surface area contributed by atoms with E-state index in [1.54, 1.807) is 25.3 Å². The molecule has 0 unspecified atom stereocenters. The second-order valence-electron chi connectivity index (χ2n) is 4.20. The van der Waals surface area contributed by atoms with Crippen LogP contribution in [0.25, 0.3) is 22.6 Å². The number of hydrogen-bond donors (Lipinski definition) is 1. The van der Waals surface area contributed by atoms with Crippen LogP contribution in [0.15, 0.2) is 38.3 Å². The molecule has 6 nitrogen and oxygen atoms in total. The third-order valence-corrected chi connectivity index (χ3v) is 3.03. The summed E-state index contributed by atoms with van der Waals surface area (Å²) in [7, 11) is 2.88. The lowest BCUT2D eigenvalue weighted by Gasteiger charge is -2.10. The highest BCUT2D eigenvalue weighted by molar-refractivity contribution is 5.79. The zero-order valence-corrected chi connectivity index (χ0v) is 10.9.